The molecule has 0 aliphatic heterocycles. The lowest BCUT2D eigenvalue weighted by Crippen LogP contribution is -2.09. The van der Waals surface area contributed by atoms with E-state index in [2.05, 4.69) is 28.4 Å². The van der Waals surface area contributed by atoms with Crippen LogP contribution in [-0.4, -0.2) is 33.2 Å². The quantitative estimate of drug-likeness (QED) is 0.854. The van der Waals surface area contributed by atoms with Crippen molar-refractivity contribution in [3.8, 4) is 5.88 Å². The molecule has 0 radical (unpaired) electrons. The third kappa shape index (κ3) is 2.54. The number of rotatable bonds is 5. The molecule has 18 heavy (non-hydrogen) atoms. The monoisotopic (exact) mass is 283 g/mol. The number of hydrogen-bond acceptors (Lipinski definition) is 4. The number of thioether (sulfide) groups is 1. The van der Waals surface area contributed by atoms with Crippen molar-refractivity contribution >= 4 is 35.1 Å². The Morgan fingerprint density at radius 2 is 2.33 bits per heavy atom. The van der Waals surface area contributed by atoms with Crippen LogP contribution in [0.15, 0.2) is 12.1 Å². The number of fused-ring (bicyclic) bond motifs is 1. The summed E-state index contributed by atoms with van der Waals surface area (Å²) in [6.45, 7) is 4.32. The van der Waals surface area contributed by atoms with Gasteiger partial charge in [-0.3, -0.25) is 4.57 Å². The maximum Gasteiger partial charge on any atom is 0.215 e. The van der Waals surface area contributed by atoms with Crippen LogP contribution in [0.2, 0.25) is 0 Å². The summed E-state index contributed by atoms with van der Waals surface area (Å²) in [4.78, 5) is 7.66. The summed E-state index contributed by atoms with van der Waals surface area (Å²) in [5.74, 6) is 2.74. The number of H-pyrrole nitrogens is 1. The van der Waals surface area contributed by atoms with Crippen LogP contribution >= 0.6 is 24.0 Å². The van der Waals surface area contributed by atoms with E-state index in [9.17, 15) is 0 Å². The van der Waals surface area contributed by atoms with E-state index < -0.39 is 0 Å². The molecule has 1 unspecified atom stereocenters. The average Bonchev–Trinajstić information content (AvgIpc) is 2.70. The molecule has 98 valence electrons. The first-order chi connectivity index (χ1) is 8.67. The first-order valence-electron chi connectivity index (χ1n) is 5.90. The standard InChI is InChI=1S/C12H17N3OS2/c1-4-18-7-8(2)15-11-9(13-12(15)17)5-6-10(14-11)16-3/h5-6,8H,4,7H2,1-3H3,(H,13,17). The zero-order valence-electron chi connectivity index (χ0n) is 10.8. The van der Waals surface area contributed by atoms with Gasteiger partial charge in [0.05, 0.1) is 12.6 Å². The molecular weight excluding hydrogens is 266 g/mol. The summed E-state index contributed by atoms with van der Waals surface area (Å²) in [6.07, 6.45) is 0. The van der Waals surface area contributed by atoms with Gasteiger partial charge in [-0.15, -0.1) is 0 Å². The maximum atomic E-state index is 5.38. The Balaban J connectivity index is 2.47. The molecule has 1 atom stereocenters. The van der Waals surface area contributed by atoms with Gasteiger partial charge in [-0.25, -0.2) is 0 Å². The highest BCUT2D eigenvalue weighted by atomic mass is 32.2. The summed E-state index contributed by atoms with van der Waals surface area (Å²) in [5.41, 5.74) is 1.82. The lowest BCUT2D eigenvalue weighted by Gasteiger charge is -2.13. The Morgan fingerprint density at radius 3 is 3.00 bits per heavy atom. The van der Waals surface area contributed by atoms with Gasteiger partial charge in [-0.1, -0.05) is 6.92 Å². The predicted molar refractivity (Wildman–Crippen MR) is 79.2 cm³/mol. The lowest BCUT2D eigenvalue weighted by molar-refractivity contribution is 0.398. The van der Waals surface area contributed by atoms with Gasteiger partial charge in [0.15, 0.2) is 10.4 Å². The van der Waals surface area contributed by atoms with Crippen molar-refractivity contribution in [1.29, 1.82) is 0 Å². The summed E-state index contributed by atoms with van der Waals surface area (Å²) in [7, 11) is 1.62. The van der Waals surface area contributed by atoms with Crippen LogP contribution in [-0.2, 0) is 0 Å². The molecule has 2 aromatic rings. The molecule has 0 saturated heterocycles. The van der Waals surface area contributed by atoms with E-state index in [4.69, 9.17) is 17.0 Å². The Hall–Kier alpha value is -1.01. The second kappa shape index (κ2) is 5.75. The van der Waals surface area contributed by atoms with Crippen LogP contribution in [0, 0.1) is 4.77 Å². The molecular formula is C12H17N3OS2. The third-order valence-corrected chi connectivity index (χ3v) is 4.18. The third-order valence-electron chi connectivity index (χ3n) is 2.75. The van der Waals surface area contributed by atoms with Gasteiger partial charge in [0.1, 0.15) is 0 Å². The molecule has 2 rings (SSSR count). The second-order valence-corrected chi connectivity index (χ2v) is 5.74. The minimum Gasteiger partial charge on any atom is -0.481 e. The van der Waals surface area contributed by atoms with E-state index in [1.54, 1.807) is 7.11 Å². The van der Waals surface area contributed by atoms with E-state index in [0.717, 1.165) is 27.4 Å². The van der Waals surface area contributed by atoms with E-state index in [0.29, 0.717) is 11.9 Å². The fourth-order valence-electron chi connectivity index (χ4n) is 1.87. The number of methoxy groups -OCH3 is 1. The molecule has 0 bridgehead atoms. The van der Waals surface area contributed by atoms with Crippen molar-refractivity contribution in [3.63, 3.8) is 0 Å². The van der Waals surface area contributed by atoms with Crippen molar-refractivity contribution in [3.05, 3.63) is 16.9 Å². The molecule has 0 saturated carbocycles. The maximum absolute atomic E-state index is 5.38. The number of nitrogens with one attached hydrogen (secondary N) is 1. The molecule has 0 aromatic carbocycles. The number of hydrogen-bond donors (Lipinski definition) is 1. The molecule has 0 aliphatic rings. The van der Waals surface area contributed by atoms with Crippen LogP contribution in [0.25, 0.3) is 11.2 Å². The van der Waals surface area contributed by atoms with E-state index in [-0.39, 0.29) is 0 Å². The Labute approximate surface area is 116 Å². The number of aromatic amines is 1. The lowest BCUT2D eigenvalue weighted by atomic mass is 10.3. The Bertz CT molecular complexity index is 591. The van der Waals surface area contributed by atoms with Crippen molar-refractivity contribution in [2.45, 2.75) is 19.9 Å². The highest BCUT2D eigenvalue weighted by Gasteiger charge is 2.12. The van der Waals surface area contributed by atoms with Crippen LogP contribution in [0.5, 0.6) is 5.88 Å². The first-order valence-corrected chi connectivity index (χ1v) is 7.46. The molecule has 0 spiro atoms. The van der Waals surface area contributed by atoms with Crippen molar-refractivity contribution in [2.75, 3.05) is 18.6 Å². The second-order valence-electron chi connectivity index (χ2n) is 4.03. The number of ether oxygens (including phenoxy) is 1. The van der Waals surface area contributed by atoms with Gasteiger partial charge in [-0.2, -0.15) is 16.7 Å². The minimum absolute atomic E-state index is 0.316. The molecule has 4 nitrogen and oxygen atoms in total. The minimum atomic E-state index is 0.316. The zero-order valence-corrected chi connectivity index (χ0v) is 12.4. The molecule has 2 aromatic heterocycles. The number of imidazole rings is 1. The highest BCUT2D eigenvalue weighted by Crippen LogP contribution is 2.22. The van der Waals surface area contributed by atoms with Crippen molar-refractivity contribution < 1.29 is 4.74 Å². The zero-order chi connectivity index (χ0) is 13.1. The van der Waals surface area contributed by atoms with Gasteiger partial charge in [-0.05, 0) is 31.0 Å². The molecule has 0 fully saturated rings. The van der Waals surface area contributed by atoms with E-state index >= 15 is 0 Å². The number of aromatic nitrogens is 3. The summed E-state index contributed by atoms with van der Waals surface area (Å²) in [6, 6.07) is 4.10. The largest absolute Gasteiger partial charge is 0.481 e. The molecule has 1 N–H and O–H groups in total. The van der Waals surface area contributed by atoms with Crippen LogP contribution in [0.4, 0.5) is 0 Å². The summed E-state index contributed by atoms with van der Waals surface area (Å²) in [5, 5.41) is 0. The topological polar surface area (TPSA) is 42.8 Å². The molecule has 2 heterocycles. The van der Waals surface area contributed by atoms with Crippen molar-refractivity contribution in [2.24, 2.45) is 0 Å². The van der Waals surface area contributed by atoms with E-state index in [1.807, 2.05) is 23.9 Å². The molecule has 0 amide bonds. The summed E-state index contributed by atoms with van der Waals surface area (Å²) >= 11 is 7.28. The van der Waals surface area contributed by atoms with Gasteiger partial charge in [0.25, 0.3) is 0 Å². The van der Waals surface area contributed by atoms with Crippen LogP contribution < -0.4 is 4.74 Å². The molecule has 6 heteroatoms. The Kier molecular flexibility index (Phi) is 4.29. The normalized spacial score (nSPS) is 12.8. The van der Waals surface area contributed by atoms with Gasteiger partial charge in [0.2, 0.25) is 5.88 Å². The highest BCUT2D eigenvalue weighted by molar-refractivity contribution is 7.99. The predicted octanol–water partition coefficient (Wildman–Crippen LogP) is 3.42. The van der Waals surface area contributed by atoms with Gasteiger partial charge < -0.3 is 9.72 Å². The molecule has 0 aliphatic carbocycles. The fourth-order valence-corrected chi connectivity index (χ4v) is 2.97. The van der Waals surface area contributed by atoms with Crippen LogP contribution in [0.3, 0.4) is 0 Å². The van der Waals surface area contributed by atoms with Gasteiger partial charge in [0, 0.05) is 17.9 Å². The summed E-state index contributed by atoms with van der Waals surface area (Å²) < 4.78 is 7.95. The Morgan fingerprint density at radius 1 is 1.56 bits per heavy atom. The van der Waals surface area contributed by atoms with Crippen molar-refractivity contribution in [1.82, 2.24) is 14.5 Å². The van der Waals surface area contributed by atoms with Crippen LogP contribution in [0.1, 0.15) is 19.9 Å². The first kappa shape index (κ1) is 13.4. The fraction of sp³-hybridized carbons (Fsp3) is 0.500. The average molecular weight is 283 g/mol. The number of pyridine rings is 1. The number of nitrogens with zero attached hydrogens (tertiary/aromatic N) is 2. The SMILES string of the molecule is CCSCC(C)n1c(=S)[nH]c2ccc(OC)nc21. The smallest absolute Gasteiger partial charge is 0.215 e. The van der Waals surface area contributed by atoms with Gasteiger partial charge >= 0.3 is 0 Å². The van der Waals surface area contributed by atoms with E-state index in [1.165, 1.54) is 0 Å².